The number of nitrogens with one attached hydrogen (secondary N) is 4. The standard InChI is InChI=1S/C21H21N7OS2/c1-12-9-13-3-2-4-15(17(13)26-12)27-20(29)28-21-23-10-14(31-21)5-7-22-19-18-16(6-8-30-18)24-11-25-19/h2-4,9-11,26H,5-8H2,1H3,(H,22,24,25)(H2,23,27,28,29). The van der Waals surface area contributed by atoms with Crippen LogP contribution in [0.5, 0.6) is 0 Å². The van der Waals surface area contributed by atoms with Crippen LogP contribution in [-0.4, -0.2) is 38.3 Å². The Kier molecular flexibility index (Phi) is 5.47. The third-order valence-electron chi connectivity index (χ3n) is 4.94. The molecule has 2 amide bonds. The summed E-state index contributed by atoms with van der Waals surface area (Å²) in [6.07, 6.45) is 5.22. The van der Waals surface area contributed by atoms with Crippen LogP contribution in [0.1, 0.15) is 16.3 Å². The Morgan fingerprint density at radius 1 is 1.23 bits per heavy atom. The van der Waals surface area contributed by atoms with Crippen molar-refractivity contribution in [3.8, 4) is 0 Å². The van der Waals surface area contributed by atoms with Gasteiger partial charge < -0.3 is 15.6 Å². The van der Waals surface area contributed by atoms with Crippen LogP contribution >= 0.6 is 23.1 Å². The van der Waals surface area contributed by atoms with Crippen LogP contribution < -0.4 is 16.0 Å². The van der Waals surface area contributed by atoms with E-state index in [-0.39, 0.29) is 6.03 Å². The maximum atomic E-state index is 12.5. The monoisotopic (exact) mass is 451 g/mol. The fourth-order valence-corrected chi connectivity index (χ4v) is 5.44. The average molecular weight is 452 g/mol. The number of aromatic amines is 1. The molecule has 1 aliphatic rings. The number of hydrogen-bond donors (Lipinski definition) is 4. The molecule has 4 N–H and O–H groups in total. The van der Waals surface area contributed by atoms with Crippen LogP contribution in [0.4, 0.5) is 21.4 Å². The molecule has 0 saturated heterocycles. The third kappa shape index (κ3) is 4.35. The van der Waals surface area contributed by atoms with Crippen LogP contribution in [0, 0.1) is 6.92 Å². The molecule has 5 rings (SSSR count). The fraction of sp³-hybridized carbons (Fsp3) is 0.238. The minimum Gasteiger partial charge on any atom is -0.369 e. The molecule has 31 heavy (non-hydrogen) atoms. The number of hydrogen-bond acceptors (Lipinski definition) is 7. The Balaban J connectivity index is 1.16. The zero-order valence-corrected chi connectivity index (χ0v) is 18.5. The van der Waals surface area contributed by atoms with E-state index in [1.165, 1.54) is 11.3 Å². The summed E-state index contributed by atoms with van der Waals surface area (Å²) in [6.45, 7) is 2.73. The van der Waals surface area contributed by atoms with Crippen molar-refractivity contribution in [1.29, 1.82) is 0 Å². The van der Waals surface area contributed by atoms with E-state index >= 15 is 0 Å². The topological polar surface area (TPSA) is 108 Å². The van der Waals surface area contributed by atoms with Gasteiger partial charge in [-0.3, -0.25) is 5.32 Å². The van der Waals surface area contributed by atoms with Gasteiger partial charge in [-0.05, 0) is 19.1 Å². The summed E-state index contributed by atoms with van der Waals surface area (Å²) in [5.74, 6) is 1.97. The van der Waals surface area contributed by atoms with E-state index in [1.807, 2.05) is 31.2 Å². The molecule has 8 nitrogen and oxygen atoms in total. The number of fused-ring (bicyclic) bond motifs is 2. The molecule has 0 aliphatic carbocycles. The number of thiazole rings is 1. The van der Waals surface area contributed by atoms with Crippen molar-refractivity contribution in [3.05, 3.63) is 53.1 Å². The highest BCUT2D eigenvalue weighted by molar-refractivity contribution is 7.99. The number of benzene rings is 1. The molecular formula is C21H21N7OS2. The molecule has 0 radical (unpaired) electrons. The summed E-state index contributed by atoms with van der Waals surface area (Å²) in [4.78, 5) is 31.0. The zero-order valence-electron chi connectivity index (χ0n) is 16.9. The Labute approximate surface area is 187 Å². The van der Waals surface area contributed by atoms with Crippen LogP contribution in [0.15, 0.2) is 41.7 Å². The van der Waals surface area contributed by atoms with Gasteiger partial charge in [0.05, 0.1) is 21.8 Å². The SMILES string of the molecule is Cc1cc2cccc(NC(=O)Nc3ncc(CCNc4ncnc5c4SCC5)s3)c2[nH]1. The number of anilines is 3. The summed E-state index contributed by atoms with van der Waals surface area (Å²) >= 11 is 3.27. The molecule has 3 aromatic heterocycles. The van der Waals surface area contributed by atoms with Crippen LogP contribution in [-0.2, 0) is 12.8 Å². The number of carbonyl (C=O) groups excluding carboxylic acids is 1. The number of para-hydroxylation sites is 1. The van der Waals surface area contributed by atoms with Crippen LogP contribution in [0.25, 0.3) is 10.9 Å². The van der Waals surface area contributed by atoms with E-state index in [0.29, 0.717) is 5.13 Å². The van der Waals surface area contributed by atoms with Gasteiger partial charge in [0.15, 0.2) is 5.13 Å². The highest BCUT2D eigenvalue weighted by Crippen LogP contribution is 2.34. The Morgan fingerprint density at radius 3 is 3.10 bits per heavy atom. The number of aryl methyl sites for hydroxylation is 2. The highest BCUT2D eigenvalue weighted by Gasteiger charge is 2.17. The Morgan fingerprint density at radius 2 is 2.16 bits per heavy atom. The predicted octanol–water partition coefficient (Wildman–Crippen LogP) is 4.67. The first-order valence-corrected chi connectivity index (χ1v) is 11.8. The van der Waals surface area contributed by atoms with Crippen molar-refractivity contribution < 1.29 is 4.79 Å². The average Bonchev–Trinajstić information content (AvgIpc) is 3.47. The Hall–Kier alpha value is -3.11. The lowest BCUT2D eigenvalue weighted by molar-refractivity contribution is 0.262. The maximum Gasteiger partial charge on any atom is 0.325 e. The minimum atomic E-state index is -0.313. The molecule has 0 atom stereocenters. The van der Waals surface area contributed by atoms with Crippen molar-refractivity contribution in [2.45, 2.75) is 24.7 Å². The lowest BCUT2D eigenvalue weighted by Crippen LogP contribution is -2.19. The molecule has 0 bridgehead atoms. The zero-order chi connectivity index (χ0) is 21.2. The summed E-state index contributed by atoms with van der Waals surface area (Å²) in [6, 6.07) is 7.54. The second-order valence-corrected chi connectivity index (χ2v) is 9.43. The quantitative estimate of drug-likeness (QED) is 0.339. The molecule has 158 valence electrons. The van der Waals surface area contributed by atoms with Crippen molar-refractivity contribution >= 4 is 56.7 Å². The van der Waals surface area contributed by atoms with Gasteiger partial charge in [-0.1, -0.05) is 12.1 Å². The Bertz CT molecular complexity index is 1250. The highest BCUT2D eigenvalue weighted by atomic mass is 32.2. The molecule has 10 heteroatoms. The van der Waals surface area contributed by atoms with Gasteiger partial charge >= 0.3 is 6.03 Å². The maximum absolute atomic E-state index is 12.5. The van der Waals surface area contributed by atoms with Crippen molar-refractivity contribution in [2.24, 2.45) is 0 Å². The summed E-state index contributed by atoms with van der Waals surface area (Å²) in [7, 11) is 0. The fourth-order valence-electron chi connectivity index (χ4n) is 3.55. The number of H-pyrrole nitrogens is 1. The second-order valence-electron chi connectivity index (χ2n) is 7.21. The summed E-state index contributed by atoms with van der Waals surface area (Å²) < 4.78 is 0. The van der Waals surface area contributed by atoms with Gasteiger partial charge in [-0.25, -0.2) is 19.7 Å². The predicted molar refractivity (Wildman–Crippen MR) is 126 cm³/mol. The van der Waals surface area contributed by atoms with Crippen LogP contribution in [0.2, 0.25) is 0 Å². The normalized spacial score (nSPS) is 12.7. The van der Waals surface area contributed by atoms with Gasteiger partial charge in [0.25, 0.3) is 0 Å². The van der Waals surface area contributed by atoms with E-state index in [0.717, 1.165) is 68.7 Å². The van der Waals surface area contributed by atoms with Gasteiger partial charge in [-0.15, -0.1) is 23.1 Å². The van der Waals surface area contributed by atoms with Gasteiger partial charge in [0.2, 0.25) is 0 Å². The van der Waals surface area contributed by atoms with Gasteiger partial charge in [-0.2, -0.15) is 0 Å². The number of aromatic nitrogens is 4. The number of thioether (sulfide) groups is 1. The smallest absolute Gasteiger partial charge is 0.325 e. The van der Waals surface area contributed by atoms with Crippen molar-refractivity contribution in [2.75, 3.05) is 28.2 Å². The number of rotatable bonds is 6. The number of amides is 2. The molecule has 0 saturated carbocycles. The lowest BCUT2D eigenvalue weighted by Gasteiger charge is -2.08. The number of urea groups is 1. The first-order chi connectivity index (χ1) is 15.2. The van der Waals surface area contributed by atoms with E-state index in [1.54, 1.807) is 24.3 Å². The van der Waals surface area contributed by atoms with E-state index in [2.05, 4.69) is 35.9 Å². The van der Waals surface area contributed by atoms with Gasteiger partial charge in [0.1, 0.15) is 12.1 Å². The largest absolute Gasteiger partial charge is 0.369 e. The van der Waals surface area contributed by atoms with E-state index in [9.17, 15) is 4.79 Å². The molecular weight excluding hydrogens is 430 g/mol. The molecule has 0 spiro atoms. The molecule has 4 heterocycles. The van der Waals surface area contributed by atoms with Crippen LogP contribution in [0.3, 0.4) is 0 Å². The second kappa shape index (κ2) is 8.56. The lowest BCUT2D eigenvalue weighted by atomic mass is 10.2. The van der Waals surface area contributed by atoms with E-state index < -0.39 is 0 Å². The summed E-state index contributed by atoms with van der Waals surface area (Å²) in [5, 5.41) is 10.8. The molecule has 1 aliphatic heterocycles. The number of nitrogens with zero attached hydrogens (tertiary/aromatic N) is 3. The first kappa shape index (κ1) is 19.8. The third-order valence-corrected chi connectivity index (χ3v) is 7.04. The molecule has 1 aromatic carbocycles. The van der Waals surface area contributed by atoms with Gasteiger partial charge in [0, 0.05) is 47.3 Å². The van der Waals surface area contributed by atoms with E-state index in [4.69, 9.17) is 0 Å². The summed E-state index contributed by atoms with van der Waals surface area (Å²) in [5.41, 5.74) is 3.83. The van der Waals surface area contributed by atoms with Crippen molar-refractivity contribution in [3.63, 3.8) is 0 Å². The molecule has 4 aromatic rings. The molecule has 0 unspecified atom stereocenters. The van der Waals surface area contributed by atoms with Crippen molar-refractivity contribution in [1.82, 2.24) is 19.9 Å². The number of carbonyl (C=O) groups is 1. The minimum absolute atomic E-state index is 0.313. The first-order valence-electron chi connectivity index (χ1n) is 9.97. The molecule has 0 fully saturated rings.